The predicted molar refractivity (Wildman–Crippen MR) is 91.0 cm³/mol. The van der Waals surface area contributed by atoms with Crippen molar-refractivity contribution in [3.63, 3.8) is 0 Å². The first-order valence-electron chi connectivity index (χ1n) is 7.22. The van der Waals surface area contributed by atoms with Gasteiger partial charge in [0.15, 0.2) is 0 Å². The molecule has 2 aromatic carbocycles. The van der Waals surface area contributed by atoms with Crippen molar-refractivity contribution in [1.29, 1.82) is 0 Å². The molecule has 2 rings (SSSR count). The van der Waals surface area contributed by atoms with Crippen LogP contribution < -0.4 is 24.8 Å². The van der Waals surface area contributed by atoms with Crippen LogP contribution in [0.5, 0.6) is 11.5 Å². The number of hydrogen-bond donors (Lipinski definition) is 2. The average Bonchev–Trinajstić information content (AvgIpc) is 2.44. The maximum absolute atomic E-state index is 8.98. The van der Waals surface area contributed by atoms with Gasteiger partial charge in [0.25, 0.3) is 0 Å². The molecule has 0 amide bonds. The van der Waals surface area contributed by atoms with Crippen molar-refractivity contribution in [3.05, 3.63) is 59.7 Å². The minimum Gasteiger partial charge on any atom is -1.00 e. The molecule has 0 atom stereocenters. The second-order valence-corrected chi connectivity index (χ2v) is 5.81. The van der Waals surface area contributed by atoms with E-state index in [1.807, 2.05) is 52.5 Å². The Hall–Kier alpha value is -0.577. The molecule has 0 aliphatic rings. The molecule has 2 N–H and O–H groups in total. The van der Waals surface area contributed by atoms with Crippen molar-refractivity contribution in [3.8, 4) is 11.5 Å². The van der Waals surface area contributed by atoms with E-state index in [-0.39, 0.29) is 51.0 Å². The van der Waals surface area contributed by atoms with Gasteiger partial charge in [0.1, 0.15) is 11.5 Å². The average molecular weight is 465 g/mol. The molecule has 0 radical (unpaired) electrons. The maximum Gasteiger partial charge on any atom is 2.00 e. The maximum atomic E-state index is 8.98. The number of phenolic OH excluding ortho intramolecular Hbond substituents is 2. The Kier molecular flexibility index (Phi) is 18.3. The zero-order valence-electron chi connectivity index (χ0n) is 15.1. The van der Waals surface area contributed by atoms with Crippen LogP contribution >= 0.6 is 0 Å². The molecule has 0 aromatic heterocycles. The third-order valence-corrected chi connectivity index (χ3v) is 2.87. The number of aromatic hydroxyl groups is 2. The molecule has 4 nitrogen and oxygen atoms in total. The van der Waals surface area contributed by atoms with Crippen molar-refractivity contribution in [1.82, 2.24) is 9.80 Å². The van der Waals surface area contributed by atoms with E-state index in [0.29, 0.717) is 11.5 Å². The molecule has 0 heterocycles. The van der Waals surface area contributed by atoms with Crippen LogP contribution in [-0.4, -0.2) is 48.2 Å². The SMILES string of the molecule is CN(C)Cc1ccc(O)cc1.CN(C)Cc1ccc(O)cc1.[Cl-].[Cl-].[Zr+2]. The van der Waals surface area contributed by atoms with Gasteiger partial charge in [0.05, 0.1) is 0 Å². The standard InChI is InChI=1S/2C9H13NO.2ClH.Zr/c2*1-10(2)7-8-3-5-9(11)6-4-8;;;/h2*3-6,11H,7H2,1-2H3;2*1H;/q;;;;+2/p-2. The Morgan fingerprint density at radius 1 is 0.600 bits per heavy atom. The first-order chi connectivity index (χ1) is 10.4. The van der Waals surface area contributed by atoms with Crippen LogP contribution in [0.15, 0.2) is 48.5 Å². The van der Waals surface area contributed by atoms with Crippen molar-refractivity contribution < 1.29 is 61.2 Å². The Balaban J connectivity index is -0.000000346. The van der Waals surface area contributed by atoms with Crippen LogP contribution in [0.4, 0.5) is 0 Å². The fourth-order valence-electron chi connectivity index (χ4n) is 1.93. The Morgan fingerprint density at radius 3 is 1.04 bits per heavy atom. The van der Waals surface area contributed by atoms with Gasteiger partial charge >= 0.3 is 26.2 Å². The van der Waals surface area contributed by atoms with Gasteiger partial charge in [-0.25, -0.2) is 0 Å². The molecule has 0 bridgehead atoms. The molecular formula is C18H26Cl2N2O2Zr. The summed E-state index contributed by atoms with van der Waals surface area (Å²) in [6.45, 7) is 1.83. The van der Waals surface area contributed by atoms with Crippen LogP contribution in [0.2, 0.25) is 0 Å². The van der Waals surface area contributed by atoms with E-state index in [2.05, 4.69) is 9.80 Å². The van der Waals surface area contributed by atoms with Gasteiger partial charge in [0, 0.05) is 13.1 Å². The second-order valence-electron chi connectivity index (χ2n) is 5.81. The Morgan fingerprint density at radius 2 is 0.840 bits per heavy atom. The second kappa shape index (κ2) is 15.7. The molecule has 2 aromatic rings. The topological polar surface area (TPSA) is 46.9 Å². The molecule has 0 saturated carbocycles. The van der Waals surface area contributed by atoms with Gasteiger partial charge in [-0.2, -0.15) is 0 Å². The fraction of sp³-hybridized carbons (Fsp3) is 0.333. The van der Waals surface area contributed by atoms with E-state index in [4.69, 9.17) is 10.2 Å². The molecule has 0 aliphatic carbocycles. The number of nitrogens with zero attached hydrogens (tertiary/aromatic N) is 2. The molecule has 0 spiro atoms. The number of hydrogen-bond acceptors (Lipinski definition) is 4. The summed E-state index contributed by atoms with van der Waals surface area (Å²) < 4.78 is 0. The van der Waals surface area contributed by atoms with Gasteiger partial charge in [-0.05, 0) is 63.6 Å². The summed E-state index contributed by atoms with van der Waals surface area (Å²) in [5, 5.41) is 18.0. The van der Waals surface area contributed by atoms with Crippen molar-refractivity contribution in [2.24, 2.45) is 0 Å². The van der Waals surface area contributed by atoms with E-state index in [1.165, 1.54) is 11.1 Å². The molecule has 0 fully saturated rings. The van der Waals surface area contributed by atoms with Crippen LogP contribution in [-0.2, 0) is 39.3 Å². The molecule has 7 heteroatoms. The number of benzene rings is 2. The van der Waals surface area contributed by atoms with Crippen molar-refractivity contribution in [2.75, 3.05) is 28.2 Å². The van der Waals surface area contributed by atoms with Crippen LogP contribution in [0.3, 0.4) is 0 Å². The normalized spacial score (nSPS) is 9.20. The summed E-state index contributed by atoms with van der Waals surface area (Å²) >= 11 is 0. The summed E-state index contributed by atoms with van der Waals surface area (Å²) in [6, 6.07) is 14.5. The first-order valence-corrected chi connectivity index (χ1v) is 7.22. The van der Waals surface area contributed by atoms with Gasteiger partial charge in [-0.15, -0.1) is 0 Å². The van der Waals surface area contributed by atoms with Crippen molar-refractivity contribution >= 4 is 0 Å². The third-order valence-electron chi connectivity index (χ3n) is 2.87. The van der Waals surface area contributed by atoms with E-state index >= 15 is 0 Å². The summed E-state index contributed by atoms with van der Waals surface area (Å²) in [7, 11) is 8.08. The van der Waals surface area contributed by atoms with Crippen LogP contribution in [0.25, 0.3) is 0 Å². The molecule has 138 valence electrons. The van der Waals surface area contributed by atoms with Crippen molar-refractivity contribution in [2.45, 2.75) is 13.1 Å². The largest absolute Gasteiger partial charge is 2.00 e. The fourth-order valence-corrected chi connectivity index (χ4v) is 1.93. The van der Waals surface area contributed by atoms with Crippen LogP contribution in [0, 0.1) is 0 Å². The van der Waals surface area contributed by atoms with Gasteiger partial charge in [-0.1, -0.05) is 24.3 Å². The van der Waals surface area contributed by atoms with Gasteiger partial charge < -0.3 is 44.8 Å². The first kappa shape index (κ1) is 29.2. The summed E-state index contributed by atoms with van der Waals surface area (Å²) in [5.41, 5.74) is 2.43. The van der Waals surface area contributed by atoms with E-state index in [1.54, 1.807) is 24.3 Å². The van der Waals surface area contributed by atoms with E-state index in [0.717, 1.165) is 13.1 Å². The van der Waals surface area contributed by atoms with Gasteiger partial charge in [-0.3, -0.25) is 0 Å². The summed E-state index contributed by atoms with van der Waals surface area (Å²) in [4.78, 5) is 4.18. The minimum atomic E-state index is 0. The zero-order chi connectivity index (χ0) is 16.5. The number of phenols is 2. The molecule has 0 saturated heterocycles. The molecule has 0 aliphatic heterocycles. The van der Waals surface area contributed by atoms with E-state index in [9.17, 15) is 0 Å². The molecular weight excluding hydrogens is 438 g/mol. The quantitative estimate of drug-likeness (QED) is 0.504. The summed E-state index contributed by atoms with van der Waals surface area (Å²) in [5.74, 6) is 0.653. The third kappa shape index (κ3) is 14.3. The Labute approximate surface area is 182 Å². The summed E-state index contributed by atoms with van der Waals surface area (Å²) in [6.07, 6.45) is 0. The molecule has 0 unspecified atom stereocenters. The number of rotatable bonds is 4. The minimum absolute atomic E-state index is 0. The molecule has 25 heavy (non-hydrogen) atoms. The van der Waals surface area contributed by atoms with Gasteiger partial charge in [0.2, 0.25) is 0 Å². The monoisotopic (exact) mass is 462 g/mol. The van der Waals surface area contributed by atoms with Crippen LogP contribution in [0.1, 0.15) is 11.1 Å². The zero-order valence-corrected chi connectivity index (χ0v) is 19.0. The Bertz CT molecular complexity index is 499. The van der Waals surface area contributed by atoms with E-state index < -0.39 is 0 Å². The smallest absolute Gasteiger partial charge is 1.00 e. The predicted octanol–water partition coefficient (Wildman–Crippen LogP) is -3.09. The number of halogens is 2.